The topological polar surface area (TPSA) is 21.3 Å². The Kier molecular flexibility index (Phi) is 4.45. The van der Waals surface area contributed by atoms with Crippen molar-refractivity contribution in [3.63, 3.8) is 0 Å². The molecule has 1 saturated carbocycles. The number of ether oxygens (including phenoxy) is 1. The minimum atomic E-state index is 0.322. The third-order valence-electron chi connectivity index (χ3n) is 5.81. The van der Waals surface area contributed by atoms with Gasteiger partial charge in [-0.25, -0.2) is 0 Å². The van der Waals surface area contributed by atoms with E-state index in [1.54, 1.807) is 0 Å². The monoisotopic (exact) mass is 297 g/mol. The summed E-state index contributed by atoms with van der Waals surface area (Å²) in [6.45, 7) is 6.06. The van der Waals surface area contributed by atoms with E-state index in [1.165, 1.54) is 43.2 Å². The first-order chi connectivity index (χ1) is 10.7. The molecule has 0 amide bonds. The Morgan fingerprint density at radius 3 is 3.05 bits per heavy atom. The van der Waals surface area contributed by atoms with Crippen LogP contribution in [0.15, 0.2) is 18.2 Å². The lowest BCUT2D eigenvalue weighted by atomic mass is 9.56. The van der Waals surface area contributed by atoms with Crippen molar-refractivity contribution >= 4 is 0 Å². The fourth-order valence-electron chi connectivity index (χ4n) is 4.79. The summed E-state index contributed by atoms with van der Waals surface area (Å²) in [5.74, 6) is 4.21. The largest absolute Gasteiger partial charge is 0.481 e. The first-order valence-electron chi connectivity index (χ1n) is 8.58. The number of piperidine rings is 1. The maximum atomic E-state index is 5.69. The molecule has 1 N–H and O–H groups in total. The average Bonchev–Trinajstić information content (AvgIpc) is 2.54. The van der Waals surface area contributed by atoms with Crippen LogP contribution in [0.4, 0.5) is 0 Å². The van der Waals surface area contributed by atoms with E-state index in [1.807, 2.05) is 0 Å². The summed E-state index contributed by atoms with van der Waals surface area (Å²) in [5.41, 5.74) is 3.22. The van der Waals surface area contributed by atoms with E-state index in [2.05, 4.69) is 43.3 Å². The number of benzene rings is 1. The van der Waals surface area contributed by atoms with E-state index in [0.717, 1.165) is 18.2 Å². The molecule has 1 aliphatic carbocycles. The van der Waals surface area contributed by atoms with E-state index in [9.17, 15) is 0 Å². The van der Waals surface area contributed by atoms with E-state index < -0.39 is 0 Å². The van der Waals surface area contributed by atoms with Crippen LogP contribution >= 0.6 is 0 Å². The Morgan fingerprint density at radius 1 is 1.36 bits per heavy atom. The van der Waals surface area contributed by atoms with Crippen molar-refractivity contribution in [2.75, 3.05) is 13.2 Å². The quantitative estimate of drug-likeness (QED) is 0.857. The van der Waals surface area contributed by atoms with Crippen molar-refractivity contribution in [2.24, 2.45) is 5.92 Å². The molecule has 3 unspecified atom stereocenters. The van der Waals surface area contributed by atoms with Crippen LogP contribution in [0.25, 0.3) is 0 Å². The number of rotatable bonds is 3. The molecule has 1 saturated heterocycles. The summed E-state index contributed by atoms with van der Waals surface area (Å²) >= 11 is 0. The van der Waals surface area contributed by atoms with Crippen molar-refractivity contribution in [1.82, 2.24) is 5.32 Å². The molecule has 2 aliphatic rings. The summed E-state index contributed by atoms with van der Waals surface area (Å²) in [4.78, 5) is 0. The third kappa shape index (κ3) is 2.63. The molecule has 0 aromatic heterocycles. The van der Waals surface area contributed by atoms with Crippen molar-refractivity contribution in [3.05, 3.63) is 29.3 Å². The summed E-state index contributed by atoms with van der Waals surface area (Å²) in [6.07, 6.45) is 11.9. The summed E-state index contributed by atoms with van der Waals surface area (Å²) in [7, 11) is 0. The van der Waals surface area contributed by atoms with Crippen LogP contribution in [0.2, 0.25) is 0 Å². The summed E-state index contributed by atoms with van der Waals surface area (Å²) < 4.78 is 5.69. The first kappa shape index (κ1) is 15.4. The van der Waals surface area contributed by atoms with Crippen molar-refractivity contribution in [3.8, 4) is 18.1 Å². The standard InChI is InChI=1S/C20H27NO/c1-4-13-22-17-9-8-15(2)19(14-17)20-10-6-5-7-18(20)16(3)21-12-11-20/h1,8-9,14,16,18,21H,5-7,10-13H2,2-3H3. The molecule has 2 heteroatoms. The minimum absolute atomic E-state index is 0.322. The lowest BCUT2D eigenvalue weighted by Crippen LogP contribution is -2.54. The van der Waals surface area contributed by atoms with Gasteiger partial charge in [0.15, 0.2) is 0 Å². The van der Waals surface area contributed by atoms with Crippen LogP contribution in [0.1, 0.15) is 50.2 Å². The molecule has 0 radical (unpaired) electrons. The molecule has 1 heterocycles. The second kappa shape index (κ2) is 6.34. The van der Waals surface area contributed by atoms with Crippen LogP contribution in [0, 0.1) is 25.2 Å². The maximum absolute atomic E-state index is 5.69. The van der Waals surface area contributed by atoms with Gasteiger partial charge in [-0.15, -0.1) is 6.42 Å². The van der Waals surface area contributed by atoms with E-state index in [4.69, 9.17) is 11.2 Å². The Labute approximate surface area is 134 Å². The minimum Gasteiger partial charge on any atom is -0.481 e. The molecule has 1 aliphatic heterocycles. The lowest BCUT2D eigenvalue weighted by Gasteiger charge is -2.52. The molecule has 118 valence electrons. The predicted molar refractivity (Wildman–Crippen MR) is 91.2 cm³/mol. The smallest absolute Gasteiger partial charge is 0.148 e. The Balaban J connectivity index is 2.01. The molecule has 2 nitrogen and oxygen atoms in total. The zero-order valence-corrected chi connectivity index (χ0v) is 13.8. The van der Waals surface area contributed by atoms with E-state index in [-0.39, 0.29) is 0 Å². The molecular weight excluding hydrogens is 270 g/mol. The Hall–Kier alpha value is -1.46. The van der Waals surface area contributed by atoms with Crippen LogP contribution in [0.3, 0.4) is 0 Å². The Morgan fingerprint density at radius 2 is 2.23 bits per heavy atom. The normalized spacial score (nSPS) is 31.1. The molecule has 3 rings (SSSR count). The van der Waals surface area contributed by atoms with E-state index in [0.29, 0.717) is 18.1 Å². The van der Waals surface area contributed by atoms with Gasteiger partial charge in [-0.3, -0.25) is 0 Å². The van der Waals surface area contributed by atoms with Crippen LogP contribution < -0.4 is 10.1 Å². The zero-order valence-electron chi connectivity index (χ0n) is 13.8. The average molecular weight is 297 g/mol. The number of fused-ring (bicyclic) bond motifs is 1. The summed E-state index contributed by atoms with van der Waals surface area (Å²) in [6, 6.07) is 7.12. The molecule has 0 bridgehead atoms. The highest BCUT2D eigenvalue weighted by Crippen LogP contribution is 2.50. The van der Waals surface area contributed by atoms with Gasteiger partial charge in [-0.05, 0) is 68.8 Å². The molecule has 22 heavy (non-hydrogen) atoms. The van der Waals surface area contributed by atoms with Crippen molar-refractivity contribution < 1.29 is 4.74 Å². The number of aryl methyl sites for hydroxylation is 1. The van der Waals surface area contributed by atoms with Gasteiger partial charge in [0.1, 0.15) is 12.4 Å². The van der Waals surface area contributed by atoms with Gasteiger partial charge in [-0.2, -0.15) is 0 Å². The van der Waals surface area contributed by atoms with E-state index >= 15 is 0 Å². The van der Waals surface area contributed by atoms with Gasteiger partial charge in [0.25, 0.3) is 0 Å². The molecule has 0 spiro atoms. The third-order valence-corrected chi connectivity index (χ3v) is 5.81. The maximum Gasteiger partial charge on any atom is 0.148 e. The number of hydrogen-bond acceptors (Lipinski definition) is 2. The van der Waals surface area contributed by atoms with Gasteiger partial charge in [0.2, 0.25) is 0 Å². The highest BCUT2D eigenvalue weighted by atomic mass is 16.5. The second-order valence-corrected chi connectivity index (χ2v) is 6.97. The number of nitrogens with one attached hydrogen (secondary N) is 1. The molecule has 2 fully saturated rings. The van der Waals surface area contributed by atoms with Crippen LogP contribution in [0.5, 0.6) is 5.75 Å². The van der Waals surface area contributed by atoms with Crippen LogP contribution in [-0.4, -0.2) is 19.2 Å². The predicted octanol–water partition coefficient (Wildman–Crippen LogP) is 3.82. The first-order valence-corrected chi connectivity index (χ1v) is 8.58. The molecule has 1 aromatic carbocycles. The zero-order chi connectivity index (χ0) is 15.6. The van der Waals surface area contributed by atoms with Gasteiger partial charge in [0.05, 0.1) is 0 Å². The molecular formula is C20H27NO. The SMILES string of the molecule is C#CCOc1ccc(C)c(C23CCCCC2C(C)NCC3)c1. The summed E-state index contributed by atoms with van der Waals surface area (Å²) in [5, 5.41) is 3.69. The van der Waals surface area contributed by atoms with Crippen molar-refractivity contribution in [2.45, 2.75) is 57.4 Å². The fraction of sp³-hybridized carbons (Fsp3) is 0.600. The molecule has 1 aromatic rings. The number of hydrogen-bond donors (Lipinski definition) is 1. The second-order valence-electron chi connectivity index (χ2n) is 6.97. The van der Waals surface area contributed by atoms with Crippen molar-refractivity contribution in [1.29, 1.82) is 0 Å². The fourth-order valence-corrected chi connectivity index (χ4v) is 4.79. The molecule has 3 atom stereocenters. The van der Waals surface area contributed by atoms with Gasteiger partial charge in [0, 0.05) is 11.5 Å². The lowest BCUT2D eigenvalue weighted by molar-refractivity contribution is 0.0998. The van der Waals surface area contributed by atoms with Crippen LogP contribution in [-0.2, 0) is 5.41 Å². The van der Waals surface area contributed by atoms with Gasteiger partial charge in [-0.1, -0.05) is 24.8 Å². The highest BCUT2D eigenvalue weighted by Gasteiger charge is 2.47. The highest BCUT2D eigenvalue weighted by molar-refractivity contribution is 5.42. The Bertz CT molecular complexity index is 570. The number of terminal acetylenes is 1. The van der Waals surface area contributed by atoms with Gasteiger partial charge >= 0.3 is 0 Å². The van der Waals surface area contributed by atoms with Gasteiger partial charge < -0.3 is 10.1 Å².